The number of aliphatic hydroxyl groups excluding tert-OH is 2. The highest BCUT2D eigenvalue weighted by molar-refractivity contribution is 6.30. The van der Waals surface area contributed by atoms with Crippen molar-refractivity contribution in [3.63, 3.8) is 0 Å². The summed E-state index contributed by atoms with van der Waals surface area (Å²) in [7, 11) is 0. The summed E-state index contributed by atoms with van der Waals surface area (Å²) < 4.78 is 0. The lowest BCUT2D eigenvalue weighted by Gasteiger charge is -2.31. The number of likely N-dealkylation sites (tertiary alicyclic amines) is 1. The first-order valence-electron chi connectivity index (χ1n) is 25.2. The Hall–Kier alpha value is -6.04. The number of hydrogen-bond acceptors (Lipinski definition) is 17. The van der Waals surface area contributed by atoms with Gasteiger partial charge < -0.3 is 92.3 Å². The first kappa shape index (κ1) is 63.3. The van der Waals surface area contributed by atoms with Gasteiger partial charge in [0, 0.05) is 36.6 Å². The second-order valence-electron chi connectivity index (χ2n) is 18.6. The molecule has 1 saturated heterocycles. The van der Waals surface area contributed by atoms with Crippen LogP contribution in [0.2, 0.25) is 5.02 Å². The van der Waals surface area contributed by atoms with Gasteiger partial charge in [0.1, 0.15) is 47.7 Å². The van der Waals surface area contributed by atoms with E-state index in [1.807, 2.05) is 0 Å². The van der Waals surface area contributed by atoms with Crippen LogP contribution in [0.3, 0.4) is 0 Å². The van der Waals surface area contributed by atoms with Gasteiger partial charge in [-0.3, -0.25) is 43.9 Å². The number of aliphatic hydroxyl groups is 2. The smallest absolute Gasteiger partial charge is 0.352 e. The van der Waals surface area contributed by atoms with Gasteiger partial charge in [0.25, 0.3) is 0 Å². The number of halogens is 1. The highest BCUT2D eigenvalue weighted by atomic mass is 35.5. The molecule has 2 fully saturated rings. The van der Waals surface area contributed by atoms with Crippen LogP contribution in [0, 0.1) is 0 Å². The van der Waals surface area contributed by atoms with Gasteiger partial charge >= 0.3 is 5.97 Å². The van der Waals surface area contributed by atoms with Crippen molar-refractivity contribution in [3.05, 3.63) is 46.6 Å². The number of hydrogen-bond donors (Lipinski definition) is 17. The molecule has 24 N–H and O–H groups in total. The van der Waals surface area contributed by atoms with Crippen molar-refractivity contribution in [3.8, 4) is 0 Å². The average Bonchev–Trinajstić information content (AvgIpc) is 3.89. The quantitative estimate of drug-likeness (QED) is 0.0101. The van der Waals surface area contributed by atoms with Gasteiger partial charge in [-0.25, -0.2) is 4.79 Å². The first-order valence-corrected chi connectivity index (χ1v) is 25.6. The number of nitrogens with two attached hydrogens (primary N) is 7. The van der Waals surface area contributed by atoms with Crippen molar-refractivity contribution < 1.29 is 53.7 Å². The first-order chi connectivity index (χ1) is 35.6. The molecule has 75 heavy (non-hydrogen) atoms. The molecule has 2 aliphatic rings. The normalized spacial score (nSPS) is 20.0. The molecule has 28 heteroatoms. The fourth-order valence-electron chi connectivity index (χ4n) is 8.51. The fourth-order valence-corrected chi connectivity index (χ4v) is 8.70. The third-order valence-corrected chi connectivity index (χ3v) is 13.0. The van der Waals surface area contributed by atoms with Crippen LogP contribution in [0.15, 0.2) is 41.0 Å². The maximum atomic E-state index is 14.6. The molecule has 0 aromatic heterocycles. The number of rotatable bonds is 34. The third kappa shape index (κ3) is 19.9. The highest BCUT2D eigenvalue weighted by Crippen LogP contribution is 2.52. The second-order valence-corrected chi connectivity index (χ2v) is 19.1. The molecule has 420 valence electrons. The van der Waals surface area contributed by atoms with Crippen molar-refractivity contribution in [1.29, 1.82) is 0 Å². The SMILES string of the molecule is C[C@H](NC(=O)[C@@H](NC(O)[C@@H](N)CCCCN)[C@@H](O)CN)C(=O)NCC(=O)N[C@H](CCCN)C(=O)N1CCC[C@H]1C(=O)NC1(C(=O)N[C@@H](CCCCN)C(=O)N/C(=C\CCN=C(N)N)C(=O)O)C[C@H]1c1cccc(Cl)c1. The summed E-state index contributed by atoms with van der Waals surface area (Å²) in [4.78, 5) is 114. The van der Waals surface area contributed by atoms with Gasteiger partial charge in [0.05, 0.1) is 12.6 Å². The van der Waals surface area contributed by atoms with E-state index in [-0.39, 0.29) is 77.2 Å². The van der Waals surface area contributed by atoms with E-state index in [4.69, 9.17) is 51.7 Å². The van der Waals surface area contributed by atoms with E-state index in [0.29, 0.717) is 55.7 Å². The zero-order valence-corrected chi connectivity index (χ0v) is 43.2. The summed E-state index contributed by atoms with van der Waals surface area (Å²) in [6.07, 6.45) is 1.89. The molecule has 1 aliphatic heterocycles. The summed E-state index contributed by atoms with van der Waals surface area (Å²) in [6, 6.07) is -0.462. The van der Waals surface area contributed by atoms with Crippen LogP contribution in [0.5, 0.6) is 0 Å². The van der Waals surface area contributed by atoms with Crippen molar-refractivity contribution in [2.45, 2.75) is 144 Å². The lowest BCUT2D eigenvalue weighted by molar-refractivity contribution is -0.142. The van der Waals surface area contributed by atoms with Gasteiger partial charge in [-0.15, -0.1) is 0 Å². The number of aliphatic carboxylic acids is 1. The summed E-state index contributed by atoms with van der Waals surface area (Å²) in [6.45, 7) is 1.30. The predicted octanol–water partition coefficient (Wildman–Crippen LogP) is -5.07. The number of nitrogens with zero attached hydrogens (tertiary/aromatic N) is 2. The monoisotopic (exact) mass is 1080 g/mol. The zero-order valence-electron chi connectivity index (χ0n) is 42.4. The molecule has 1 aromatic rings. The molecule has 10 atom stereocenters. The van der Waals surface area contributed by atoms with Crippen molar-refractivity contribution in [2.75, 3.05) is 45.8 Å². The minimum atomic E-state index is -1.65. The lowest BCUT2D eigenvalue weighted by atomic mass is 10.0. The lowest BCUT2D eigenvalue weighted by Crippen LogP contribution is -2.61. The Labute approximate surface area is 441 Å². The van der Waals surface area contributed by atoms with Crippen LogP contribution in [0.25, 0.3) is 0 Å². The molecule has 0 spiro atoms. The van der Waals surface area contributed by atoms with E-state index in [1.165, 1.54) is 17.9 Å². The second kappa shape index (κ2) is 31.8. The number of carboxylic acids is 1. The Morgan fingerprint density at radius 1 is 0.880 bits per heavy atom. The number of unbranched alkanes of at least 4 members (excludes halogenated alkanes) is 2. The van der Waals surface area contributed by atoms with Gasteiger partial charge in [0.2, 0.25) is 41.4 Å². The van der Waals surface area contributed by atoms with Crippen LogP contribution in [-0.2, 0) is 38.4 Å². The van der Waals surface area contributed by atoms with E-state index in [9.17, 15) is 53.7 Å². The van der Waals surface area contributed by atoms with Crippen LogP contribution in [0.1, 0.15) is 95.5 Å². The number of aliphatic imine (C=N–C) groups is 1. The summed E-state index contributed by atoms with van der Waals surface area (Å²) in [5.41, 5.74) is 37.8. The molecule has 1 heterocycles. The molecule has 1 aliphatic carbocycles. The van der Waals surface area contributed by atoms with Crippen LogP contribution < -0.4 is 77.4 Å². The Balaban J connectivity index is 1.77. The average molecular weight is 1080 g/mol. The van der Waals surface area contributed by atoms with Crippen molar-refractivity contribution in [1.82, 2.24) is 42.1 Å². The van der Waals surface area contributed by atoms with Gasteiger partial charge in [-0.2, -0.15) is 0 Å². The number of nitrogens with one attached hydrogen (secondary N) is 7. The number of guanidine groups is 1. The van der Waals surface area contributed by atoms with E-state index in [0.717, 1.165) is 0 Å². The maximum Gasteiger partial charge on any atom is 0.352 e. The minimum absolute atomic E-state index is 0.0423. The van der Waals surface area contributed by atoms with Gasteiger partial charge in [0.15, 0.2) is 5.96 Å². The summed E-state index contributed by atoms with van der Waals surface area (Å²) in [5, 5.41) is 49.2. The topological polar surface area (TPSA) is 479 Å². The van der Waals surface area contributed by atoms with Crippen molar-refractivity contribution in [2.24, 2.45) is 45.1 Å². The molecular formula is C47H79ClN16O11. The number of carbonyl (C=O) groups excluding carboxylic acids is 7. The van der Waals surface area contributed by atoms with Crippen LogP contribution >= 0.6 is 11.6 Å². The fraction of sp³-hybridized carbons (Fsp3) is 0.638. The molecule has 2 unspecified atom stereocenters. The standard InChI is InChI=1S/C47H79ClN16O11/c1-26(58-42(71)37(35(65)24-52)62-39(68)30(53)12-2-4-17-49)38(67)57-25-36(66)59-32(14-7-19-51)43(72)64-21-9-16-34(64)41(70)63-47(23-29(47)27-10-6-11-28(48)22-27)45(75)61-31(13-3-5-18-50)40(69)60-33(44(73)74)15-8-20-56-46(54)55/h6,10-11,15,22,26,29-32,34-35,37,39,62,65,68H,2-5,7-9,12-14,16-21,23-25,49-53H2,1H3,(H,57,67)(H,58,71)(H,59,66)(H,60,69)(H,61,75)(H,63,70)(H,73,74)(H4,54,55,56)/b33-15-/t26-,29-,30-,31-,32+,34-,35-,37-,39?,47?/m0/s1. The molecule has 1 aromatic carbocycles. The maximum absolute atomic E-state index is 14.6. The largest absolute Gasteiger partial charge is 0.477 e. The van der Waals surface area contributed by atoms with Crippen LogP contribution in [0.4, 0.5) is 0 Å². The molecule has 27 nitrogen and oxygen atoms in total. The van der Waals surface area contributed by atoms with Crippen molar-refractivity contribution >= 4 is 64.9 Å². The minimum Gasteiger partial charge on any atom is -0.477 e. The number of carboxylic acid groups (broad SMARTS) is 1. The Kier molecular flexibility index (Phi) is 26.8. The molecule has 7 amide bonds. The molecule has 0 radical (unpaired) electrons. The summed E-state index contributed by atoms with van der Waals surface area (Å²) in [5.74, 6) is -7.70. The Morgan fingerprint density at radius 2 is 1.55 bits per heavy atom. The van der Waals surface area contributed by atoms with Crippen LogP contribution in [-0.4, -0.2) is 173 Å². The molecular weight excluding hydrogens is 1000 g/mol. The van der Waals surface area contributed by atoms with E-state index >= 15 is 0 Å². The van der Waals surface area contributed by atoms with Gasteiger partial charge in [-0.05, 0) is 115 Å². The number of amides is 7. The van der Waals surface area contributed by atoms with Gasteiger partial charge in [-0.1, -0.05) is 36.2 Å². The highest BCUT2D eigenvalue weighted by Gasteiger charge is 2.63. The molecule has 0 bridgehead atoms. The molecule has 3 rings (SSSR count). The molecule has 1 saturated carbocycles. The predicted molar refractivity (Wildman–Crippen MR) is 278 cm³/mol. The number of benzene rings is 1. The third-order valence-electron chi connectivity index (χ3n) is 12.8. The van der Waals surface area contributed by atoms with E-state index in [2.05, 4.69) is 42.2 Å². The Morgan fingerprint density at radius 3 is 2.17 bits per heavy atom. The zero-order chi connectivity index (χ0) is 55.8. The Bertz CT molecular complexity index is 2170. The van der Waals surface area contributed by atoms with E-state index in [1.54, 1.807) is 24.3 Å². The summed E-state index contributed by atoms with van der Waals surface area (Å²) >= 11 is 6.35. The number of carbonyl (C=O) groups is 8. The van der Waals surface area contributed by atoms with E-state index < -0.39 is 120 Å².